The molecule has 2 rings (SSSR count). The SMILES string of the molecule is Cc1nc2cc(Cl)c(NS(=O)(=O)N(C)C)cc2s1. The molecule has 0 spiro atoms. The predicted octanol–water partition coefficient (Wildman–Crippen LogP) is 2.48. The van der Waals surface area contributed by atoms with E-state index in [1.165, 1.54) is 25.4 Å². The van der Waals surface area contributed by atoms with Gasteiger partial charge in [-0.3, -0.25) is 4.72 Å². The Bertz CT molecular complexity index is 694. The maximum absolute atomic E-state index is 11.7. The zero-order valence-corrected chi connectivity index (χ0v) is 12.4. The lowest BCUT2D eigenvalue weighted by molar-refractivity contribution is 0.527. The first-order chi connectivity index (χ1) is 8.29. The van der Waals surface area contributed by atoms with Gasteiger partial charge in [-0.05, 0) is 19.1 Å². The summed E-state index contributed by atoms with van der Waals surface area (Å²) in [5.74, 6) is 0. The monoisotopic (exact) mass is 305 g/mol. The third-order valence-corrected chi connectivity index (χ3v) is 4.99. The highest BCUT2D eigenvalue weighted by molar-refractivity contribution is 7.90. The standard InChI is InChI=1S/C10H12ClN3O2S2/c1-6-12-9-4-7(11)8(5-10(9)17-6)13-18(15,16)14(2)3/h4-5,13H,1-3H3. The maximum Gasteiger partial charge on any atom is 0.301 e. The summed E-state index contributed by atoms with van der Waals surface area (Å²) in [6.45, 7) is 1.89. The summed E-state index contributed by atoms with van der Waals surface area (Å²) < 4.78 is 27.9. The minimum Gasteiger partial charge on any atom is -0.269 e. The third kappa shape index (κ3) is 2.59. The number of aromatic nitrogens is 1. The Morgan fingerprint density at radius 1 is 1.39 bits per heavy atom. The molecule has 1 aromatic heterocycles. The van der Waals surface area contributed by atoms with E-state index in [1.54, 1.807) is 12.1 Å². The molecule has 0 aliphatic carbocycles. The summed E-state index contributed by atoms with van der Waals surface area (Å²) in [5.41, 5.74) is 1.14. The van der Waals surface area contributed by atoms with Gasteiger partial charge >= 0.3 is 10.2 Å². The number of nitrogens with zero attached hydrogens (tertiary/aromatic N) is 2. The Morgan fingerprint density at radius 2 is 2.06 bits per heavy atom. The number of aryl methyl sites for hydroxylation is 1. The number of anilines is 1. The molecule has 8 heteroatoms. The van der Waals surface area contributed by atoms with Gasteiger partial charge in [0.2, 0.25) is 0 Å². The quantitative estimate of drug-likeness (QED) is 0.947. The van der Waals surface area contributed by atoms with E-state index >= 15 is 0 Å². The first-order valence-corrected chi connectivity index (χ1v) is 7.70. The molecule has 0 aliphatic rings. The van der Waals surface area contributed by atoms with E-state index in [4.69, 9.17) is 11.6 Å². The first kappa shape index (κ1) is 13.5. The van der Waals surface area contributed by atoms with Gasteiger partial charge in [0.05, 0.1) is 25.9 Å². The number of hydrogen-bond donors (Lipinski definition) is 1. The van der Waals surface area contributed by atoms with Crippen LogP contribution in [0, 0.1) is 6.92 Å². The molecule has 0 fully saturated rings. The second-order valence-electron chi connectivity index (χ2n) is 3.92. The fraction of sp³-hybridized carbons (Fsp3) is 0.300. The molecule has 1 aromatic carbocycles. The predicted molar refractivity (Wildman–Crippen MR) is 75.6 cm³/mol. The molecular formula is C10H12ClN3O2S2. The van der Waals surface area contributed by atoms with E-state index in [0.29, 0.717) is 10.7 Å². The molecule has 0 radical (unpaired) electrons. The molecule has 0 atom stereocenters. The Balaban J connectivity index is 2.48. The highest BCUT2D eigenvalue weighted by Gasteiger charge is 2.16. The maximum atomic E-state index is 11.7. The van der Waals surface area contributed by atoms with Gasteiger partial charge in [0, 0.05) is 14.1 Å². The summed E-state index contributed by atoms with van der Waals surface area (Å²) in [6, 6.07) is 3.36. The van der Waals surface area contributed by atoms with Crippen LogP contribution in [0.4, 0.5) is 5.69 Å². The molecule has 0 saturated carbocycles. The van der Waals surface area contributed by atoms with Gasteiger partial charge in [0.1, 0.15) is 0 Å². The van der Waals surface area contributed by atoms with Crippen molar-refractivity contribution in [3.8, 4) is 0 Å². The van der Waals surface area contributed by atoms with Crippen LogP contribution in [0.1, 0.15) is 5.01 Å². The molecule has 2 aromatic rings. The molecule has 1 N–H and O–H groups in total. The van der Waals surface area contributed by atoms with E-state index in [0.717, 1.165) is 19.5 Å². The second-order valence-corrected chi connectivity index (χ2v) is 7.45. The number of fused-ring (bicyclic) bond motifs is 1. The van der Waals surface area contributed by atoms with E-state index in [1.807, 2.05) is 6.92 Å². The summed E-state index contributed by atoms with van der Waals surface area (Å²) in [6.07, 6.45) is 0. The molecule has 98 valence electrons. The molecule has 0 saturated heterocycles. The zero-order valence-electron chi connectivity index (χ0n) is 10.1. The molecule has 0 amide bonds. The van der Waals surface area contributed by atoms with E-state index in [9.17, 15) is 8.42 Å². The molecule has 0 bridgehead atoms. The van der Waals surface area contributed by atoms with Crippen LogP contribution < -0.4 is 4.72 Å². The summed E-state index contributed by atoms with van der Waals surface area (Å²) in [7, 11) is -0.652. The number of thiazole rings is 1. The van der Waals surface area contributed by atoms with Crippen molar-refractivity contribution in [1.82, 2.24) is 9.29 Å². The summed E-state index contributed by atoms with van der Waals surface area (Å²) in [4.78, 5) is 4.29. The Morgan fingerprint density at radius 3 is 2.67 bits per heavy atom. The number of halogens is 1. The fourth-order valence-electron chi connectivity index (χ4n) is 1.37. The lowest BCUT2D eigenvalue weighted by Crippen LogP contribution is -2.29. The fourth-order valence-corrected chi connectivity index (χ4v) is 3.11. The largest absolute Gasteiger partial charge is 0.301 e. The van der Waals surface area contributed by atoms with Gasteiger partial charge in [-0.1, -0.05) is 11.6 Å². The van der Waals surface area contributed by atoms with E-state index in [2.05, 4.69) is 9.71 Å². The van der Waals surface area contributed by atoms with Crippen molar-refractivity contribution < 1.29 is 8.42 Å². The van der Waals surface area contributed by atoms with Crippen LogP contribution in [0.2, 0.25) is 5.02 Å². The van der Waals surface area contributed by atoms with Crippen molar-refractivity contribution in [2.45, 2.75) is 6.92 Å². The lowest BCUT2D eigenvalue weighted by Gasteiger charge is -2.14. The second kappa shape index (κ2) is 4.65. The Labute approximate surface area is 115 Å². The van der Waals surface area contributed by atoms with Crippen molar-refractivity contribution in [2.24, 2.45) is 0 Å². The van der Waals surface area contributed by atoms with Crippen molar-refractivity contribution in [3.63, 3.8) is 0 Å². The minimum absolute atomic E-state index is 0.332. The van der Waals surface area contributed by atoms with Gasteiger partial charge in [0.15, 0.2) is 0 Å². The molecule has 0 unspecified atom stereocenters. The average Bonchev–Trinajstić information content (AvgIpc) is 2.57. The highest BCUT2D eigenvalue weighted by atomic mass is 35.5. The minimum atomic E-state index is -3.55. The summed E-state index contributed by atoms with van der Waals surface area (Å²) in [5, 5.41) is 1.24. The van der Waals surface area contributed by atoms with Crippen LogP contribution in [0.3, 0.4) is 0 Å². The van der Waals surface area contributed by atoms with Gasteiger partial charge in [0.25, 0.3) is 0 Å². The van der Waals surface area contributed by atoms with Crippen LogP contribution in [0.25, 0.3) is 10.2 Å². The normalized spacial score (nSPS) is 12.3. The number of rotatable bonds is 3. The van der Waals surface area contributed by atoms with Crippen molar-refractivity contribution in [2.75, 3.05) is 18.8 Å². The van der Waals surface area contributed by atoms with Gasteiger partial charge in [-0.25, -0.2) is 4.98 Å². The van der Waals surface area contributed by atoms with Crippen LogP contribution >= 0.6 is 22.9 Å². The molecule has 1 heterocycles. The van der Waals surface area contributed by atoms with E-state index in [-0.39, 0.29) is 0 Å². The molecule has 5 nitrogen and oxygen atoms in total. The lowest BCUT2D eigenvalue weighted by atomic mass is 10.3. The average molecular weight is 306 g/mol. The Kier molecular flexibility index (Phi) is 3.50. The topological polar surface area (TPSA) is 62.3 Å². The van der Waals surface area contributed by atoms with Crippen molar-refractivity contribution >= 4 is 49.1 Å². The summed E-state index contributed by atoms with van der Waals surface area (Å²) >= 11 is 7.53. The first-order valence-electron chi connectivity index (χ1n) is 5.06. The smallest absolute Gasteiger partial charge is 0.269 e. The van der Waals surface area contributed by atoms with Crippen LogP contribution in [0.5, 0.6) is 0 Å². The van der Waals surface area contributed by atoms with E-state index < -0.39 is 10.2 Å². The molecular weight excluding hydrogens is 294 g/mol. The van der Waals surface area contributed by atoms with Crippen LogP contribution in [-0.4, -0.2) is 31.8 Å². The van der Waals surface area contributed by atoms with Crippen LogP contribution in [0.15, 0.2) is 12.1 Å². The van der Waals surface area contributed by atoms with Crippen LogP contribution in [-0.2, 0) is 10.2 Å². The van der Waals surface area contributed by atoms with Gasteiger partial charge < -0.3 is 0 Å². The molecule has 18 heavy (non-hydrogen) atoms. The zero-order chi connectivity index (χ0) is 13.5. The van der Waals surface area contributed by atoms with Gasteiger partial charge in [-0.15, -0.1) is 11.3 Å². The molecule has 0 aliphatic heterocycles. The van der Waals surface area contributed by atoms with Crippen molar-refractivity contribution in [3.05, 3.63) is 22.2 Å². The number of benzene rings is 1. The third-order valence-electron chi connectivity index (χ3n) is 2.30. The number of nitrogens with one attached hydrogen (secondary N) is 1. The highest BCUT2D eigenvalue weighted by Crippen LogP contribution is 2.31. The van der Waals surface area contributed by atoms with Gasteiger partial charge in [-0.2, -0.15) is 12.7 Å². The van der Waals surface area contributed by atoms with Crippen molar-refractivity contribution in [1.29, 1.82) is 0 Å². The Hall–Kier alpha value is -0.890. The number of hydrogen-bond acceptors (Lipinski definition) is 4.